The van der Waals surface area contributed by atoms with Crippen molar-refractivity contribution in [2.24, 2.45) is 0 Å². The highest BCUT2D eigenvalue weighted by molar-refractivity contribution is 6.32. The topological polar surface area (TPSA) is 111 Å². The van der Waals surface area contributed by atoms with E-state index in [1.54, 1.807) is 32.2 Å². The Morgan fingerprint density at radius 3 is 2.49 bits per heavy atom. The summed E-state index contributed by atoms with van der Waals surface area (Å²) in [5.41, 5.74) is 0.557. The van der Waals surface area contributed by atoms with E-state index < -0.39 is 35.4 Å². The first-order chi connectivity index (χ1) is 19.4. The fraction of sp³-hybridized carbons (Fsp3) is 0.143. The van der Waals surface area contributed by atoms with Crippen LogP contribution in [0.1, 0.15) is 38.0 Å². The number of amides is 1. The molecule has 1 amide bonds. The molecule has 0 aliphatic rings. The lowest BCUT2D eigenvalue weighted by molar-refractivity contribution is -0.141. The van der Waals surface area contributed by atoms with Crippen LogP contribution in [0.25, 0.3) is 16.8 Å². The van der Waals surface area contributed by atoms with E-state index in [0.29, 0.717) is 22.7 Å². The van der Waals surface area contributed by atoms with Crippen LogP contribution in [0.15, 0.2) is 71.1 Å². The zero-order chi connectivity index (χ0) is 29.5. The molecule has 5 rings (SSSR count). The van der Waals surface area contributed by atoms with Crippen molar-refractivity contribution in [3.8, 4) is 11.4 Å². The molecule has 0 radical (unpaired) electrons. The number of aryl methyl sites for hydroxylation is 1. The van der Waals surface area contributed by atoms with Crippen molar-refractivity contribution in [1.82, 2.24) is 14.8 Å². The third kappa shape index (κ3) is 5.59. The van der Waals surface area contributed by atoms with Crippen LogP contribution in [0.4, 0.5) is 18.9 Å². The second kappa shape index (κ2) is 10.6. The quantitative estimate of drug-likeness (QED) is 0.231. The standard InChI is InChI=1S/C28H20ClF3N4O5/c1-15-33-21-11-8-18(13-23(21)41-15)35(2)26(37)17-4-3-5-19(12-17)36-22(24(29)25(34-36)28(30,31)32)14-40-20-9-6-16(7-10-20)27(38)39/h3-13H,14H2,1-2H3,(H,38,39). The number of alkyl halides is 3. The summed E-state index contributed by atoms with van der Waals surface area (Å²) in [6, 6.07) is 16.3. The maximum absolute atomic E-state index is 13.7. The number of anilines is 1. The number of benzene rings is 3. The van der Waals surface area contributed by atoms with Crippen LogP contribution in [-0.4, -0.2) is 38.8 Å². The Bertz CT molecular complexity index is 1780. The number of oxazole rings is 1. The number of carboxylic acids is 1. The van der Waals surface area contributed by atoms with Crippen LogP contribution in [0.3, 0.4) is 0 Å². The van der Waals surface area contributed by atoms with E-state index in [9.17, 15) is 22.8 Å². The first-order valence-corrected chi connectivity index (χ1v) is 12.4. The van der Waals surface area contributed by atoms with Crippen LogP contribution < -0.4 is 9.64 Å². The highest BCUT2D eigenvalue weighted by Crippen LogP contribution is 2.37. The Balaban J connectivity index is 1.46. The number of carbonyl (C=O) groups is 2. The summed E-state index contributed by atoms with van der Waals surface area (Å²) >= 11 is 6.13. The smallest absolute Gasteiger partial charge is 0.436 e. The lowest BCUT2D eigenvalue weighted by atomic mass is 10.1. The van der Waals surface area contributed by atoms with Gasteiger partial charge in [-0.2, -0.15) is 18.3 Å². The predicted octanol–water partition coefficient (Wildman–Crippen LogP) is 6.55. The van der Waals surface area contributed by atoms with Gasteiger partial charge in [0.2, 0.25) is 0 Å². The molecule has 13 heteroatoms. The second-order valence-corrected chi connectivity index (χ2v) is 9.31. The van der Waals surface area contributed by atoms with E-state index in [-0.39, 0.29) is 28.3 Å². The predicted molar refractivity (Wildman–Crippen MR) is 143 cm³/mol. The number of nitrogens with zero attached hydrogens (tertiary/aromatic N) is 4. The largest absolute Gasteiger partial charge is 0.487 e. The maximum Gasteiger partial charge on any atom is 0.436 e. The third-order valence-electron chi connectivity index (χ3n) is 6.17. The zero-order valence-electron chi connectivity index (χ0n) is 21.4. The van der Waals surface area contributed by atoms with Gasteiger partial charge in [0.05, 0.1) is 16.3 Å². The van der Waals surface area contributed by atoms with Gasteiger partial charge < -0.3 is 19.2 Å². The molecule has 210 valence electrons. The van der Waals surface area contributed by atoms with Crippen LogP contribution in [0.2, 0.25) is 5.02 Å². The average molecular weight is 585 g/mol. The van der Waals surface area contributed by atoms with Crippen molar-refractivity contribution in [3.63, 3.8) is 0 Å². The van der Waals surface area contributed by atoms with Gasteiger partial charge in [-0.25, -0.2) is 14.5 Å². The van der Waals surface area contributed by atoms with E-state index >= 15 is 0 Å². The van der Waals surface area contributed by atoms with Gasteiger partial charge in [-0.15, -0.1) is 0 Å². The molecule has 0 unspecified atom stereocenters. The van der Waals surface area contributed by atoms with Crippen molar-refractivity contribution >= 4 is 40.3 Å². The first kappa shape index (κ1) is 27.7. The number of aromatic carboxylic acids is 1. The summed E-state index contributed by atoms with van der Waals surface area (Å²) in [6.45, 7) is 1.28. The molecule has 3 aromatic carbocycles. The lowest BCUT2D eigenvalue weighted by Crippen LogP contribution is -2.26. The van der Waals surface area contributed by atoms with Gasteiger partial charge in [0.1, 0.15) is 23.6 Å². The monoisotopic (exact) mass is 584 g/mol. The number of carbonyl (C=O) groups excluding carboxylic acids is 1. The van der Waals surface area contributed by atoms with Crippen molar-refractivity contribution in [3.05, 3.63) is 100 Å². The summed E-state index contributed by atoms with van der Waals surface area (Å²) < 4.78 is 53.3. The highest BCUT2D eigenvalue weighted by Gasteiger charge is 2.39. The van der Waals surface area contributed by atoms with Crippen molar-refractivity contribution < 1.29 is 37.0 Å². The molecule has 5 aromatic rings. The molecule has 0 aliphatic carbocycles. The molecule has 2 heterocycles. The number of hydrogen-bond donors (Lipinski definition) is 1. The SMILES string of the molecule is Cc1nc2ccc(N(C)C(=O)c3cccc(-n4nc(C(F)(F)F)c(Cl)c4COc4ccc(C(=O)O)cc4)c3)cc2o1. The number of ether oxygens (including phenoxy) is 1. The van der Waals surface area contributed by atoms with Gasteiger partial charge in [0, 0.05) is 31.3 Å². The number of hydrogen-bond acceptors (Lipinski definition) is 6. The summed E-state index contributed by atoms with van der Waals surface area (Å²) in [5.74, 6) is -0.891. The Labute approximate surface area is 235 Å². The number of fused-ring (bicyclic) bond motifs is 1. The van der Waals surface area contributed by atoms with Crippen LogP contribution >= 0.6 is 11.6 Å². The molecule has 0 fully saturated rings. The first-order valence-electron chi connectivity index (χ1n) is 12.0. The van der Waals surface area contributed by atoms with Gasteiger partial charge in [0.15, 0.2) is 17.2 Å². The van der Waals surface area contributed by atoms with E-state index in [1.165, 1.54) is 53.4 Å². The Morgan fingerprint density at radius 1 is 1.07 bits per heavy atom. The Kier molecular flexibility index (Phi) is 7.18. The molecule has 41 heavy (non-hydrogen) atoms. The molecule has 0 aliphatic heterocycles. The van der Waals surface area contributed by atoms with Crippen LogP contribution in [0.5, 0.6) is 5.75 Å². The van der Waals surface area contributed by atoms with E-state index in [4.69, 9.17) is 25.9 Å². The van der Waals surface area contributed by atoms with Gasteiger partial charge in [-0.1, -0.05) is 17.7 Å². The minimum Gasteiger partial charge on any atom is -0.487 e. The second-order valence-electron chi connectivity index (χ2n) is 8.94. The van der Waals surface area contributed by atoms with E-state index in [0.717, 1.165) is 4.68 Å². The summed E-state index contributed by atoms with van der Waals surface area (Å²) in [7, 11) is 1.56. The molecule has 2 aromatic heterocycles. The van der Waals surface area contributed by atoms with Crippen molar-refractivity contribution in [2.75, 3.05) is 11.9 Å². The number of halogens is 4. The summed E-state index contributed by atoms with van der Waals surface area (Å²) in [6.07, 6.45) is -4.86. The van der Waals surface area contributed by atoms with E-state index in [2.05, 4.69) is 10.1 Å². The van der Waals surface area contributed by atoms with Crippen molar-refractivity contribution in [1.29, 1.82) is 0 Å². The minimum atomic E-state index is -4.86. The Hall–Kier alpha value is -4.84. The molecule has 0 saturated carbocycles. The third-order valence-corrected chi connectivity index (χ3v) is 6.57. The number of carboxylic acid groups (broad SMARTS) is 1. The summed E-state index contributed by atoms with van der Waals surface area (Å²) in [5, 5.41) is 12.1. The molecule has 0 saturated heterocycles. The molecular weight excluding hydrogens is 565 g/mol. The minimum absolute atomic E-state index is 0.0158. The van der Waals surface area contributed by atoms with Crippen molar-refractivity contribution in [2.45, 2.75) is 19.7 Å². The Morgan fingerprint density at radius 2 is 1.80 bits per heavy atom. The zero-order valence-corrected chi connectivity index (χ0v) is 22.2. The lowest BCUT2D eigenvalue weighted by Gasteiger charge is -2.18. The highest BCUT2D eigenvalue weighted by atomic mass is 35.5. The van der Waals surface area contributed by atoms with Gasteiger partial charge in [-0.05, 0) is 54.6 Å². The molecule has 0 spiro atoms. The van der Waals surface area contributed by atoms with Crippen LogP contribution in [0, 0.1) is 6.92 Å². The fourth-order valence-electron chi connectivity index (χ4n) is 4.12. The molecule has 0 atom stereocenters. The van der Waals surface area contributed by atoms with Gasteiger partial charge in [-0.3, -0.25) is 4.79 Å². The molecule has 1 N–H and O–H groups in total. The number of rotatable bonds is 7. The molecule has 9 nitrogen and oxygen atoms in total. The normalized spacial score (nSPS) is 11.6. The maximum atomic E-state index is 13.7. The van der Waals surface area contributed by atoms with Gasteiger partial charge in [0.25, 0.3) is 5.91 Å². The average Bonchev–Trinajstić information content (AvgIpc) is 3.49. The number of aromatic nitrogens is 3. The fourth-order valence-corrected chi connectivity index (χ4v) is 4.40. The van der Waals surface area contributed by atoms with Crippen LogP contribution in [-0.2, 0) is 12.8 Å². The summed E-state index contributed by atoms with van der Waals surface area (Å²) in [4.78, 5) is 30.0. The van der Waals surface area contributed by atoms with E-state index in [1.807, 2.05) is 0 Å². The molecule has 0 bridgehead atoms. The molecular formula is C28H20ClF3N4O5. The van der Waals surface area contributed by atoms with Gasteiger partial charge >= 0.3 is 12.1 Å².